The van der Waals surface area contributed by atoms with Gasteiger partial charge < -0.3 is 0 Å². The molecule has 5 aliphatic rings. The largest absolute Gasteiger partial charge is 0.0795 e. The average Bonchev–Trinajstić information content (AvgIpc) is 3.45. The van der Waals surface area contributed by atoms with Gasteiger partial charge in [-0.1, -0.05) is 135 Å². The number of hydrogen-bond acceptors (Lipinski definition) is 0. The first-order valence-electron chi connectivity index (χ1n) is 20.1. The smallest absolute Gasteiger partial charge is 0.0159 e. The maximum atomic E-state index is 2.61. The van der Waals surface area contributed by atoms with Gasteiger partial charge in [-0.25, -0.2) is 0 Å². The Bertz CT molecular complexity index is 3260. The number of benzene rings is 8. The lowest BCUT2D eigenvalue weighted by Gasteiger charge is -2.28. The molecule has 0 saturated carbocycles. The van der Waals surface area contributed by atoms with Crippen molar-refractivity contribution in [3.05, 3.63) is 178 Å². The Morgan fingerprint density at radius 1 is 0.400 bits per heavy atom. The van der Waals surface area contributed by atoms with Gasteiger partial charge in [0.25, 0.3) is 0 Å². The highest BCUT2D eigenvalue weighted by Gasteiger charge is 2.37. The van der Waals surface area contributed by atoms with Crippen molar-refractivity contribution in [1.82, 2.24) is 0 Å². The summed E-state index contributed by atoms with van der Waals surface area (Å²) < 4.78 is 0. The second-order valence-electron chi connectivity index (χ2n) is 16.9. The normalized spacial score (nSPS) is 16.5. The molecule has 258 valence electrons. The molecule has 0 nitrogen and oxygen atoms in total. The molecule has 0 radical (unpaired) electrons. The summed E-state index contributed by atoms with van der Waals surface area (Å²) in [5, 5.41) is 11.0. The van der Waals surface area contributed by atoms with Gasteiger partial charge >= 0.3 is 0 Å². The molecule has 0 aromatic heterocycles. The molecule has 0 aliphatic heterocycles. The second kappa shape index (κ2) is 10.5. The highest BCUT2D eigenvalue weighted by atomic mass is 14.4. The Morgan fingerprint density at radius 3 is 1.53 bits per heavy atom. The summed E-state index contributed by atoms with van der Waals surface area (Å²) in [6, 6.07) is 42.7. The fraction of sp³-hybridized carbons (Fsp3) is 0.127. The summed E-state index contributed by atoms with van der Waals surface area (Å²) in [5.74, 6) is 0. The molecule has 0 N–H and O–H groups in total. The molecule has 13 rings (SSSR count). The zero-order valence-corrected chi connectivity index (χ0v) is 31.2. The van der Waals surface area contributed by atoms with E-state index in [0.29, 0.717) is 0 Å². The van der Waals surface area contributed by atoms with Crippen LogP contribution in [-0.2, 0) is 18.3 Å². The Morgan fingerprint density at radius 2 is 0.927 bits per heavy atom. The molecular weight excluding hydrogens is 661 g/mol. The minimum absolute atomic E-state index is 0.116. The molecule has 0 atom stereocenters. The Balaban J connectivity index is 1.25. The highest BCUT2D eigenvalue weighted by molar-refractivity contribution is 6.27. The summed E-state index contributed by atoms with van der Waals surface area (Å²) in [4.78, 5) is 0. The van der Waals surface area contributed by atoms with Gasteiger partial charge in [0.2, 0.25) is 0 Å². The first kappa shape index (κ1) is 30.1. The molecule has 0 bridgehead atoms. The van der Waals surface area contributed by atoms with E-state index in [2.05, 4.69) is 159 Å². The number of hydrogen-bond donors (Lipinski definition) is 0. The molecule has 55 heavy (non-hydrogen) atoms. The lowest BCUT2D eigenvalue weighted by Crippen LogP contribution is -2.14. The maximum Gasteiger partial charge on any atom is 0.0159 e. The monoisotopic (exact) mass is 698 g/mol. The molecule has 0 amide bonds. The van der Waals surface area contributed by atoms with Crippen molar-refractivity contribution in [2.45, 2.75) is 44.9 Å². The van der Waals surface area contributed by atoms with Crippen molar-refractivity contribution >= 4 is 66.4 Å². The topological polar surface area (TPSA) is 0 Å². The first-order valence-corrected chi connectivity index (χ1v) is 20.1. The van der Waals surface area contributed by atoms with Gasteiger partial charge in [-0.15, -0.1) is 0 Å². The van der Waals surface area contributed by atoms with Gasteiger partial charge in [-0.2, -0.15) is 0 Å². The molecule has 5 aliphatic carbocycles. The Kier molecular flexibility index (Phi) is 5.75. The van der Waals surface area contributed by atoms with Gasteiger partial charge in [0.05, 0.1) is 0 Å². The van der Waals surface area contributed by atoms with Gasteiger partial charge in [0.15, 0.2) is 0 Å². The van der Waals surface area contributed by atoms with E-state index in [1.165, 1.54) is 132 Å². The van der Waals surface area contributed by atoms with Crippen molar-refractivity contribution in [3.63, 3.8) is 0 Å². The Hall–Kier alpha value is -6.24. The molecule has 0 unspecified atom stereocenters. The minimum atomic E-state index is -0.116. The van der Waals surface area contributed by atoms with Crippen molar-refractivity contribution in [2.24, 2.45) is 0 Å². The fourth-order valence-electron chi connectivity index (χ4n) is 11.5. The maximum absolute atomic E-state index is 2.61. The van der Waals surface area contributed by atoms with Crippen LogP contribution in [0.4, 0.5) is 0 Å². The van der Waals surface area contributed by atoms with Crippen LogP contribution < -0.4 is 0 Å². The van der Waals surface area contributed by atoms with Crippen LogP contribution in [0.15, 0.2) is 133 Å². The van der Waals surface area contributed by atoms with Crippen molar-refractivity contribution in [3.8, 4) is 33.4 Å². The summed E-state index contributed by atoms with van der Waals surface area (Å²) in [6.45, 7) is 4.84. The first-order chi connectivity index (χ1) is 27.0. The van der Waals surface area contributed by atoms with E-state index in [-0.39, 0.29) is 5.41 Å². The van der Waals surface area contributed by atoms with Crippen LogP contribution in [0.2, 0.25) is 0 Å². The van der Waals surface area contributed by atoms with Crippen LogP contribution in [0.25, 0.3) is 99.8 Å². The third-order valence-electron chi connectivity index (χ3n) is 13.9. The van der Waals surface area contributed by atoms with Gasteiger partial charge in [-0.05, 0) is 182 Å². The number of fused-ring (bicyclic) bond motifs is 5. The number of rotatable bonds is 2. The Labute approximate surface area is 321 Å². The summed E-state index contributed by atoms with van der Waals surface area (Å²) >= 11 is 0. The zero-order valence-electron chi connectivity index (χ0n) is 31.2. The van der Waals surface area contributed by atoms with E-state index >= 15 is 0 Å². The van der Waals surface area contributed by atoms with E-state index in [0.717, 1.165) is 25.7 Å². The van der Waals surface area contributed by atoms with E-state index in [1.807, 2.05) is 0 Å². The predicted octanol–water partition coefficient (Wildman–Crippen LogP) is 14.7. The van der Waals surface area contributed by atoms with E-state index < -0.39 is 0 Å². The predicted molar refractivity (Wildman–Crippen MR) is 236 cm³/mol. The summed E-state index contributed by atoms with van der Waals surface area (Å²) in [7, 11) is 0. The molecule has 0 fully saturated rings. The minimum Gasteiger partial charge on any atom is -0.0795 e. The lowest BCUT2D eigenvalue weighted by molar-refractivity contribution is 0.661. The fourth-order valence-corrected chi connectivity index (χ4v) is 11.5. The van der Waals surface area contributed by atoms with Gasteiger partial charge in [0.1, 0.15) is 0 Å². The highest BCUT2D eigenvalue weighted by Crippen LogP contribution is 2.56. The van der Waals surface area contributed by atoms with E-state index in [1.54, 1.807) is 0 Å². The molecule has 8 aromatic rings. The van der Waals surface area contributed by atoms with Crippen molar-refractivity contribution in [1.29, 1.82) is 0 Å². The van der Waals surface area contributed by atoms with Gasteiger partial charge in [-0.3, -0.25) is 0 Å². The molecule has 0 spiro atoms. The van der Waals surface area contributed by atoms with Crippen LogP contribution in [-0.4, -0.2) is 0 Å². The van der Waals surface area contributed by atoms with Crippen molar-refractivity contribution in [2.75, 3.05) is 0 Å². The SMILES string of the molecule is CC1(C)c2ccccc2-c2cc3c(-c4cc5c6c7c(cccc47)CC=C6CC=C5)c4ccccc4c(-c4cc5c6c7c(cccc47)CC=C6CC=C5)c3cc21. The molecular formula is C55H38. The van der Waals surface area contributed by atoms with Crippen LogP contribution in [0.1, 0.15) is 71.2 Å². The van der Waals surface area contributed by atoms with E-state index in [9.17, 15) is 0 Å². The van der Waals surface area contributed by atoms with Crippen LogP contribution in [0, 0.1) is 0 Å². The standard InChI is InChI=1S/C55H38/c1-55(2)47-22-6-5-17-37(47)42-29-45-46(30-48(42)55)54(44-28-36-16-8-12-32-24-26-34-14-10-21-41(44)52(34)50(32)36)39-19-4-3-18-38(39)53(45)43-27-35-15-7-11-31-23-25-33-13-9-20-40(43)51(33)49(31)35/h3-10,13-24,27-30H,11-12,25-26H2,1-2H3. The summed E-state index contributed by atoms with van der Waals surface area (Å²) in [5.41, 5.74) is 22.3. The third kappa shape index (κ3) is 3.82. The van der Waals surface area contributed by atoms with Crippen LogP contribution in [0.3, 0.4) is 0 Å². The second-order valence-corrected chi connectivity index (χ2v) is 16.9. The summed E-state index contributed by atoms with van der Waals surface area (Å²) in [6.07, 6.45) is 18.4. The quantitative estimate of drug-likeness (QED) is 0.158. The molecule has 0 heteroatoms. The number of allylic oxidation sites excluding steroid dienone is 6. The van der Waals surface area contributed by atoms with Crippen molar-refractivity contribution < 1.29 is 0 Å². The average molecular weight is 699 g/mol. The molecule has 0 heterocycles. The van der Waals surface area contributed by atoms with E-state index in [4.69, 9.17) is 0 Å². The zero-order chi connectivity index (χ0) is 36.2. The third-order valence-corrected chi connectivity index (χ3v) is 13.9. The molecule has 0 saturated heterocycles. The van der Waals surface area contributed by atoms with Crippen LogP contribution >= 0.6 is 0 Å². The lowest BCUT2D eigenvalue weighted by atomic mass is 9.75. The van der Waals surface area contributed by atoms with Gasteiger partial charge in [0, 0.05) is 5.41 Å². The van der Waals surface area contributed by atoms with Crippen LogP contribution in [0.5, 0.6) is 0 Å². The molecule has 8 aromatic carbocycles.